The van der Waals surface area contributed by atoms with Crippen LogP contribution in [0.4, 0.5) is 17.1 Å². The molecule has 0 aliphatic heterocycles. The van der Waals surface area contributed by atoms with Gasteiger partial charge in [0.1, 0.15) is 0 Å². The van der Waals surface area contributed by atoms with E-state index in [4.69, 9.17) is 0 Å². The largest absolute Gasteiger partial charge is 0.326 e. The van der Waals surface area contributed by atoms with Crippen LogP contribution in [0.1, 0.15) is 91.8 Å². The van der Waals surface area contributed by atoms with Crippen LogP contribution in [0.2, 0.25) is 0 Å². The Bertz CT molecular complexity index is 1300. The summed E-state index contributed by atoms with van der Waals surface area (Å²) in [6.07, 6.45) is -0.271. The van der Waals surface area contributed by atoms with Crippen LogP contribution >= 0.6 is 0 Å². The maximum Gasteiger partial charge on any atom is 0.228 e. The second-order valence-corrected chi connectivity index (χ2v) is 14.2. The molecular weight excluding hydrogens is 522 g/mol. The lowest BCUT2D eigenvalue weighted by Crippen LogP contribution is -2.31. The van der Waals surface area contributed by atoms with Gasteiger partial charge in [-0.25, -0.2) is 0 Å². The van der Waals surface area contributed by atoms with Crippen molar-refractivity contribution in [1.82, 2.24) is 0 Å². The molecule has 3 amide bonds. The monoisotopic (exact) mass is 569 g/mol. The van der Waals surface area contributed by atoms with Gasteiger partial charge in [0.25, 0.3) is 0 Å². The molecule has 0 fully saturated rings. The Hall–Kier alpha value is -3.93. The van der Waals surface area contributed by atoms with Crippen LogP contribution in [0.25, 0.3) is 0 Å². The van der Waals surface area contributed by atoms with Gasteiger partial charge in [-0.05, 0) is 69.3 Å². The molecule has 3 N–H and O–H groups in total. The minimum absolute atomic E-state index is 0.00274. The van der Waals surface area contributed by atoms with Crippen molar-refractivity contribution >= 4 is 34.8 Å². The number of carbonyl (C=O) groups is 3. The van der Waals surface area contributed by atoms with E-state index in [1.54, 1.807) is 0 Å². The third kappa shape index (κ3) is 9.57. The van der Waals surface area contributed by atoms with Gasteiger partial charge in [0.15, 0.2) is 0 Å². The summed E-state index contributed by atoms with van der Waals surface area (Å²) in [6.45, 7) is 19.2. The van der Waals surface area contributed by atoms with E-state index in [1.165, 1.54) is 0 Å². The Morgan fingerprint density at radius 2 is 0.738 bits per heavy atom. The smallest absolute Gasteiger partial charge is 0.228 e. The van der Waals surface area contributed by atoms with Crippen LogP contribution in [0.5, 0.6) is 0 Å². The summed E-state index contributed by atoms with van der Waals surface area (Å²) in [4.78, 5) is 39.5. The van der Waals surface area contributed by atoms with E-state index in [0.29, 0.717) is 17.1 Å². The van der Waals surface area contributed by atoms with Crippen LogP contribution in [0, 0.1) is 5.92 Å². The number of amides is 3. The molecule has 3 aromatic rings. The summed E-state index contributed by atoms with van der Waals surface area (Å²) in [5, 5.41) is 8.68. The second-order valence-electron chi connectivity index (χ2n) is 14.2. The molecule has 0 aliphatic rings. The third-order valence-corrected chi connectivity index (χ3v) is 7.32. The Kier molecular flexibility index (Phi) is 10.0. The Morgan fingerprint density at radius 1 is 0.476 bits per heavy atom. The summed E-state index contributed by atoms with van der Waals surface area (Å²) >= 11 is 0. The van der Waals surface area contributed by atoms with Gasteiger partial charge >= 0.3 is 0 Å². The van der Waals surface area contributed by atoms with Crippen molar-refractivity contribution in [3.63, 3.8) is 0 Å². The molecule has 0 aromatic heterocycles. The molecule has 0 bridgehead atoms. The van der Waals surface area contributed by atoms with Gasteiger partial charge in [-0.1, -0.05) is 98.7 Å². The average molecular weight is 570 g/mol. The summed E-state index contributed by atoms with van der Waals surface area (Å²) < 4.78 is 0. The van der Waals surface area contributed by atoms with Crippen LogP contribution in [0.3, 0.4) is 0 Å². The molecule has 42 heavy (non-hydrogen) atoms. The van der Waals surface area contributed by atoms with Gasteiger partial charge in [-0.2, -0.15) is 0 Å². The van der Waals surface area contributed by atoms with E-state index >= 15 is 0 Å². The number of nitrogens with one attached hydrogen (secondary N) is 3. The molecular formula is C36H47N3O3. The maximum absolute atomic E-state index is 13.4. The van der Waals surface area contributed by atoms with E-state index < -0.39 is 5.92 Å². The van der Waals surface area contributed by atoms with Gasteiger partial charge in [0, 0.05) is 29.9 Å². The zero-order valence-electron chi connectivity index (χ0n) is 26.6. The van der Waals surface area contributed by atoms with Gasteiger partial charge in [-0.15, -0.1) is 0 Å². The van der Waals surface area contributed by atoms with Crippen LogP contribution in [0.15, 0.2) is 72.8 Å². The van der Waals surface area contributed by atoms with Crippen LogP contribution in [-0.2, 0) is 30.6 Å². The lowest BCUT2D eigenvalue weighted by molar-refractivity contribution is -0.127. The first-order chi connectivity index (χ1) is 19.4. The molecule has 224 valence electrons. The summed E-state index contributed by atoms with van der Waals surface area (Å²) in [5.74, 6) is -1.90. The van der Waals surface area contributed by atoms with Crippen molar-refractivity contribution in [3.05, 3.63) is 89.5 Å². The molecule has 3 rings (SSSR count). The topological polar surface area (TPSA) is 87.3 Å². The zero-order valence-corrected chi connectivity index (χ0v) is 26.6. The van der Waals surface area contributed by atoms with Crippen molar-refractivity contribution in [2.45, 2.75) is 91.4 Å². The standard InChI is InChI=1S/C36H47N3O3/c1-34(2,3)25-10-16-28(17-11-25)37-31(40)22-24(33(42)39-30-20-14-27(15-21-30)36(7,8)9)23-32(41)38-29-18-12-26(13-19-29)35(4,5)6/h10-21,24H,22-23H2,1-9H3,(H,37,40)(H,38,41)(H,39,42). The highest BCUT2D eigenvalue weighted by Crippen LogP contribution is 2.26. The number of benzene rings is 3. The molecule has 3 aromatic carbocycles. The Labute approximate surface area is 251 Å². The molecule has 0 heterocycles. The second kappa shape index (κ2) is 12.9. The van der Waals surface area contributed by atoms with Gasteiger partial charge in [0.2, 0.25) is 17.7 Å². The van der Waals surface area contributed by atoms with E-state index in [1.807, 2.05) is 72.8 Å². The fourth-order valence-electron chi connectivity index (χ4n) is 4.53. The molecule has 0 atom stereocenters. The first-order valence-corrected chi connectivity index (χ1v) is 14.6. The molecule has 0 saturated carbocycles. The van der Waals surface area contributed by atoms with Crippen molar-refractivity contribution in [1.29, 1.82) is 0 Å². The van der Waals surface area contributed by atoms with Crippen molar-refractivity contribution in [2.24, 2.45) is 5.92 Å². The molecule has 0 spiro atoms. The molecule has 6 heteroatoms. The van der Waals surface area contributed by atoms with Crippen molar-refractivity contribution < 1.29 is 14.4 Å². The summed E-state index contributed by atoms with van der Waals surface area (Å²) in [5.41, 5.74) is 5.35. The lowest BCUT2D eigenvalue weighted by atomic mass is 9.87. The van der Waals surface area contributed by atoms with Gasteiger partial charge in [0.05, 0.1) is 5.92 Å². The molecule has 0 aliphatic carbocycles. The molecule has 0 saturated heterocycles. The lowest BCUT2D eigenvalue weighted by Gasteiger charge is -2.21. The van der Waals surface area contributed by atoms with Gasteiger partial charge in [-0.3, -0.25) is 14.4 Å². The van der Waals surface area contributed by atoms with E-state index in [9.17, 15) is 14.4 Å². The normalized spacial score (nSPS) is 12.1. The predicted octanol–water partition coefficient (Wildman–Crippen LogP) is 8.19. The molecule has 0 radical (unpaired) electrons. The van der Waals surface area contributed by atoms with Crippen molar-refractivity contribution in [2.75, 3.05) is 16.0 Å². The molecule has 6 nitrogen and oxygen atoms in total. The number of hydrogen-bond donors (Lipinski definition) is 3. The van der Waals surface area contributed by atoms with Crippen LogP contribution in [-0.4, -0.2) is 17.7 Å². The van der Waals surface area contributed by atoms with Crippen LogP contribution < -0.4 is 16.0 Å². The first kappa shape index (κ1) is 32.6. The highest BCUT2D eigenvalue weighted by molar-refractivity contribution is 6.01. The van der Waals surface area contributed by atoms with E-state index in [0.717, 1.165) is 16.7 Å². The van der Waals surface area contributed by atoms with E-state index in [-0.39, 0.29) is 46.8 Å². The summed E-state index contributed by atoms with van der Waals surface area (Å²) in [7, 11) is 0. The molecule has 0 unspecified atom stereocenters. The fourth-order valence-corrected chi connectivity index (χ4v) is 4.53. The fraction of sp³-hybridized carbons (Fsp3) is 0.417. The average Bonchev–Trinajstić information content (AvgIpc) is 2.87. The third-order valence-electron chi connectivity index (χ3n) is 7.32. The quantitative estimate of drug-likeness (QED) is 0.256. The highest BCUT2D eigenvalue weighted by atomic mass is 16.2. The highest BCUT2D eigenvalue weighted by Gasteiger charge is 2.26. The zero-order chi connectivity index (χ0) is 31.3. The Balaban J connectivity index is 1.74. The number of hydrogen-bond acceptors (Lipinski definition) is 3. The van der Waals surface area contributed by atoms with E-state index in [2.05, 4.69) is 78.3 Å². The van der Waals surface area contributed by atoms with Gasteiger partial charge < -0.3 is 16.0 Å². The maximum atomic E-state index is 13.4. The first-order valence-electron chi connectivity index (χ1n) is 14.6. The SMILES string of the molecule is CC(C)(C)c1ccc(NC(=O)CC(CC(=O)Nc2ccc(C(C)(C)C)cc2)C(=O)Nc2ccc(C(C)(C)C)cc2)cc1. The number of rotatable bonds is 8. The summed E-state index contributed by atoms with van der Waals surface area (Å²) in [6, 6.07) is 23.0. The number of anilines is 3. The minimum Gasteiger partial charge on any atom is -0.326 e. The Morgan fingerprint density at radius 3 is 1.00 bits per heavy atom. The predicted molar refractivity (Wildman–Crippen MR) is 174 cm³/mol. The van der Waals surface area contributed by atoms with Crippen molar-refractivity contribution in [3.8, 4) is 0 Å². The minimum atomic E-state index is -0.866. The number of carbonyl (C=O) groups excluding carboxylic acids is 3.